The van der Waals surface area contributed by atoms with E-state index < -0.39 is 0 Å². The second kappa shape index (κ2) is 7.92. The topological polar surface area (TPSA) is 52.6 Å². The molecule has 2 aromatic carbocycles. The maximum atomic E-state index is 11.9. The van der Waals surface area contributed by atoms with Gasteiger partial charge in [0.2, 0.25) is 0 Å². The average molecular weight is 377 g/mol. The molecule has 0 unspecified atom stereocenters. The fraction of sp³-hybridized carbons (Fsp3) is 0.222. The summed E-state index contributed by atoms with van der Waals surface area (Å²) in [5.41, 5.74) is 2.11. The van der Waals surface area contributed by atoms with Crippen LogP contribution in [-0.4, -0.2) is 18.9 Å². The summed E-state index contributed by atoms with van der Waals surface area (Å²) < 4.78 is 11.5. The summed E-state index contributed by atoms with van der Waals surface area (Å²) >= 11 is 3.35. The highest BCUT2D eigenvalue weighted by molar-refractivity contribution is 9.10. The minimum Gasteiger partial charge on any atom is -0.496 e. The van der Waals surface area contributed by atoms with Crippen molar-refractivity contribution in [3.05, 3.63) is 63.6 Å². The van der Waals surface area contributed by atoms with E-state index in [9.17, 15) is 9.59 Å². The molecule has 0 radical (unpaired) electrons. The number of rotatable bonds is 6. The van der Waals surface area contributed by atoms with Crippen LogP contribution in [0.4, 0.5) is 0 Å². The Balaban J connectivity index is 2.01. The van der Waals surface area contributed by atoms with Crippen LogP contribution in [0.3, 0.4) is 0 Å². The van der Waals surface area contributed by atoms with Gasteiger partial charge < -0.3 is 9.47 Å². The molecule has 0 N–H and O–H groups in total. The summed E-state index contributed by atoms with van der Waals surface area (Å²) in [5.74, 6) is 0.212. The molecule has 0 bridgehead atoms. The molecule has 2 rings (SSSR count). The van der Waals surface area contributed by atoms with E-state index in [2.05, 4.69) is 15.9 Å². The summed E-state index contributed by atoms with van der Waals surface area (Å²) in [6, 6.07) is 12.6. The van der Waals surface area contributed by atoms with Crippen molar-refractivity contribution in [2.45, 2.75) is 20.0 Å². The molecular formula is C18H17BrO4. The molecule has 23 heavy (non-hydrogen) atoms. The summed E-state index contributed by atoms with van der Waals surface area (Å²) in [6.07, 6.45) is 0.196. The van der Waals surface area contributed by atoms with E-state index in [1.54, 1.807) is 18.2 Å². The number of methoxy groups -OCH3 is 1. The largest absolute Gasteiger partial charge is 0.496 e. The molecule has 0 spiro atoms. The number of Topliss-reactive ketones (excluding diaryl/α,β-unsaturated/α-hetero) is 1. The predicted molar refractivity (Wildman–Crippen MR) is 90.6 cm³/mol. The molecule has 0 aliphatic carbocycles. The number of carbonyl (C=O) groups is 2. The highest BCUT2D eigenvalue weighted by Gasteiger charge is 2.11. The van der Waals surface area contributed by atoms with E-state index in [0.717, 1.165) is 10.0 Å². The van der Waals surface area contributed by atoms with E-state index in [0.29, 0.717) is 16.9 Å². The van der Waals surface area contributed by atoms with Gasteiger partial charge in [-0.2, -0.15) is 0 Å². The molecule has 0 saturated carbocycles. The summed E-state index contributed by atoms with van der Waals surface area (Å²) in [6.45, 7) is 1.56. The normalized spacial score (nSPS) is 10.2. The molecule has 120 valence electrons. The zero-order valence-corrected chi connectivity index (χ0v) is 14.6. The Morgan fingerprint density at radius 3 is 2.39 bits per heavy atom. The van der Waals surface area contributed by atoms with Crippen LogP contribution in [0.15, 0.2) is 46.9 Å². The van der Waals surface area contributed by atoms with E-state index in [-0.39, 0.29) is 24.8 Å². The van der Waals surface area contributed by atoms with E-state index in [1.807, 2.05) is 24.3 Å². The van der Waals surface area contributed by atoms with Gasteiger partial charge in [0.25, 0.3) is 0 Å². The van der Waals surface area contributed by atoms with Crippen molar-refractivity contribution in [1.29, 1.82) is 0 Å². The lowest BCUT2D eigenvalue weighted by molar-refractivity contribution is -0.144. The summed E-state index contributed by atoms with van der Waals surface area (Å²) in [4.78, 5) is 23.4. The molecule has 0 aliphatic heterocycles. The Labute approximate surface area is 143 Å². The highest BCUT2D eigenvalue weighted by Crippen LogP contribution is 2.21. The first-order valence-corrected chi connectivity index (χ1v) is 7.87. The van der Waals surface area contributed by atoms with Crippen LogP contribution in [0.25, 0.3) is 0 Å². The third-order valence-corrected chi connectivity index (χ3v) is 3.87. The lowest BCUT2D eigenvalue weighted by Crippen LogP contribution is -2.09. The van der Waals surface area contributed by atoms with Crippen LogP contribution in [0.5, 0.6) is 5.75 Å². The van der Waals surface area contributed by atoms with Gasteiger partial charge in [0.05, 0.1) is 13.5 Å². The van der Waals surface area contributed by atoms with Gasteiger partial charge in [-0.25, -0.2) is 0 Å². The van der Waals surface area contributed by atoms with Crippen LogP contribution in [0.1, 0.15) is 28.4 Å². The maximum Gasteiger partial charge on any atom is 0.310 e. The number of ether oxygens (including phenoxy) is 2. The predicted octanol–water partition coefficient (Wildman–Crippen LogP) is 3.95. The lowest BCUT2D eigenvalue weighted by Gasteiger charge is -2.11. The van der Waals surface area contributed by atoms with E-state index in [4.69, 9.17) is 9.47 Å². The smallest absolute Gasteiger partial charge is 0.310 e. The van der Waals surface area contributed by atoms with Crippen LogP contribution in [0, 0.1) is 0 Å². The SMILES string of the molecule is COc1ccc(C(C)=O)cc1COC(=O)Cc1ccc(Br)cc1. The molecule has 0 aliphatic rings. The van der Waals surface area contributed by atoms with Crippen molar-refractivity contribution in [2.24, 2.45) is 0 Å². The average Bonchev–Trinajstić information content (AvgIpc) is 2.54. The molecule has 5 heteroatoms. The molecule has 0 fully saturated rings. The van der Waals surface area contributed by atoms with Crippen LogP contribution < -0.4 is 4.74 Å². The highest BCUT2D eigenvalue weighted by atomic mass is 79.9. The van der Waals surface area contributed by atoms with Gasteiger partial charge in [-0.1, -0.05) is 28.1 Å². The van der Waals surface area contributed by atoms with Gasteiger partial charge in [-0.15, -0.1) is 0 Å². The molecular weight excluding hydrogens is 360 g/mol. The number of halogens is 1. The Hall–Kier alpha value is -2.14. The minimum atomic E-state index is -0.331. The van der Waals surface area contributed by atoms with E-state index in [1.165, 1.54) is 14.0 Å². The summed E-state index contributed by atoms with van der Waals surface area (Å²) in [7, 11) is 1.54. The van der Waals surface area contributed by atoms with Crippen molar-refractivity contribution in [2.75, 3.05) is 7.11 Å². The quantitative estimate of drug-likeness (QED) is 0.565. The number of benzene rings is 2. The lowest BCUT2D eigenvalue weighted by atomic mass is 10.1. The maximum absolute atomic E-state index is 11.9. The third-order valence-electron chi connectivity index (χ3n) is 3.34. The first-order valence-electron chi connectivity index (χ1n) is 7.07. The van der Waals surface area contributed by atoms with Crippen LogP contribution in [0.2, 0.25) is 0 Å². The number of hydrogen-bond donors (Lipinski definition) is 0. The fourth-order valence-corrected chi connectivity index (χ4v) is 2.35. The molecule has 0 atom stereocenters. The monoisotopic (exact) mass is 376 g/mol. The molecule has 0 saturated heterocycles. The first-order chi connectivity index (χ1) is 11.0. The van der Waals surface area contributed by atoms with Crippen molar-refractivity contribution in [3.63, 3.8) is 0 Å². The van der Waals surface area contributed by atoms with Crippen molar-refractivity contribution in [1.82, 2.24) is 0 Å². The fourth-order valence-electron chi connectivity index (χ4n) is 2.09. The minimum absolute atomic E-state index is 0.0462. The molecule has 2 aromatic rings. The molecule has 0 heterocycles. The third kappa shape index (κ3) is 4.93. The second-order valence-corrected chi connectivity index (χ2v) is 5.96. The van der Waals surface area contributed by atoms with Crippen molar-refractivity contribution >= 4 is 27.7 Å². The Kier molecular flexibility index (Phi) is 5.93. The molecule has 4 nitrogen and oxygen atoms in total. The van der Waals surface area contributed by atoms with Gasteiger partial charge in [0, 0.05) is 15.6 Å². The standard InChI is InChI=1S/C18H17BrO4/c1-12(20)14-5-8-17(22-2)15(10-14)11-23-18(21)9-13-3-6-16(19)7-4-13/h3-8,10H,9,11H2,1-2H3. The number of ketones is 1. The van der Waals surface area contributed by atoms with Crippen molar-refractivity contribution in [3.8, 4) is 5.75 Å². The second-order valence-electron chi connectivity index (χ2n) is 5.05. The van der Waals surface area contributed by atoms with Gasteiger partial charge in [0.15, 0.2) is 5.78 Å². The van der Waals surface area contributed by atoms with Crippen LogP contribution >= 0.6 is 15.9 Å². The zero-order chi connectivity index (χ0) is 16.8. The van der Waals surface area contributed by atoms with Crippen molar-refractivity contribution < 1.29 is 19.1 Å². The Morgan fingerprint density at radius 2 is 1.78 bits per heavy atom. The summed E-state index contributed by atoms with van der Waals surface area (Å²) in [5, 5.41) is 0. The zero-order valence-electron chi connectivity index (χ0n) is 13.0. The van der Waals surface area contributed by atoms with Gasteiger partial charge in [-0.05, 0) is 42.8 Å². The first kappa shape index (κ1) is 17.2. The van der Waals surface area contributed by atoms with Gasteiger partial charge in [0.1, 0.15) is 12.4 Å². The molecule has 0 amide bonds. The number of hydrogen-bond acceptors (Lipinski definition) is 4. The Bertz CT molecular complexity index is 707. The van der Waals surface area contributed by atoms with Gasteiger partial charge >= 0.3 is 5.97 Å². The van der Waals surface area contributed by atoms with Gasteiger partial charge in [-0.3, -0.25) is 9.59 Å². The number of carbonyl (C=O) groups excluding carboxylic acids is 2. The Morgan fingerprint density at radius 1 is 1.09 bits per heavy atom. The van der Waals surface area contributed by atoms with Crippen LogP contribution in [-0.2, 0) is 22.6 Å². The number of esters is 1. The molecule has 0 aromatic heterocycles. The van der Waals surface area contributed by atoms with E-state index >= 15 is 0 Å².